The molecule has 3 amide bonds. The minimum Gasteiger partial charge on any atom is -0.359 e. The van der Waals surface area contributed by atoms with Gasteiger partial charge in [-0.2, -0.15) is 0 Å². The summed E-state index contributed by atoms with van der Waals surface area (Å²) < 4.78 is 6.41. The quantitative estimate of drug-likeness (QED) is 0.609. The number of likely N-dealkylation sites (tertiary alicyclic amines) is 1. The summed E-state index contributed by atoms with van der Waals surface area (Å²) in [4.78, 5) is 42.8. The maximum Gasteiger partial charge on any atom is 0.246 e. The molecule has 0 aromatic heterocycles. The molecule has 3 aliphatic heterocycles. The van der Waals surface area contributed by atoms with E-state index in [4.69, 9.17) is 16.3 Å². The summed E-state index contributed by atoms with van der Waals surface area (Å²) in [5, 5.41) is 6.80. The fourth-order valence-electron chi connectivity index (χ4n) is 6.76. The van der Waals surface area contributed by atoms with Gasteiger partial charge in [0.1, 0.15) is 11.6 Å². The molecule has 7 nitrogen and oxygen atoms in total. The maximum atomic E-state index is 13.8. The van der Waals surface area contributed by atoms with Gasteiger partial charge in [-0.05, 0) is 55.4 Å². The van der Waals surface area contributed by atoms with E-state index < -0.39 is 29.6 Å². The Balaban J connectivity index is 1.28. The Morgan fingerprint density at radius 2 is 1.83 bits per heavy atom. The number of hydrogen-bond acceptors (Lipinski definition) is 4. The number of halogens is 1. The van der Waals surface area contributed by atoms with Crippen LogP contribution in [0.15, 0.2) is 36.4 Å². The Bertz CT molecular complexity index is 1090. The van der Waals surface area contributed by atoms with Crippen LogP contribution in [0.2, 0.25) is 5.02 Å². The smallest absolute Gasteiger partial charge is 0.246 e. The van der Waals surface area contributed by atoms with Crippen molar-refractivity contribution in [1.82, 2.24) is 10.2 Å². The fraction of sp³-hybridized carbons (Fsp3) is 0.593. The molecule has 1 aromatic carbocycles. The molecule has 8 unspecified atom stereocenters. The van der Waals surface area contributed by atoms with Gasteiger partial charge in [0.25, 0.3) is 0 Å². The monoisotopic (exact) mass is 497 g/mol. The van der Waals surface area contributed by atoms with E-state index in [1.807, 2.05) is 12.2 Å². The first-order valence-corrected chi connectivity index (χ1v) is 13.2. The summed E-state index contributed by atoms with van der Waals surface area (Å²) >= 11 is 5.97. The number of amides is 3. The van der Waals surface area contributed by atoms with Crippen LogP contribution in [0.4, 0.5) is 5.69 Å². The standard InChI is InChI=1S/C27H32ClN3O4/c1-14-4-3-5-19(15(14)2)30-25(33)23-27-13-12-20(35-27)21(22(27)26(34)31(23)18-10-11-18)24(32)29-17-8-6-16(28)7-9-17/h6-9,12-15,18-23H,3-5,10-11H2,1-2H3,(H,29,32)(H,30,33). The second-order valence-electron chi connectivity index (χ2n) is 11.1. The molecule has 8 heteroatoms. The highest BCUT2D eigenvalue weighted by Gasteiger charge is 2.74. The van der Waals surface area contributed by atoms with Gasteiger partial charge in [-0.1, -0.05) is 50.4 Å². The predicted octanol–water partition coefficient (Wildman–Crippen LogP) is 3.53. The Morgan fingerprint density at radius 3 is 2.54 bits per heavy atom. The number of anilines is 1. The third-order valence-electron chi connectivity index (χ3n) is 8.95. The maximum absolute atomic E-state index is 13.8. The van der Waals surface area contributed by atoms with Crippen molar-refractivity contribution in [2.45, 2.75) is 75.8 Å². The van der Waals surface area contributed by atoms with E-state index in [9.17, 15) is 14.4 Å². The average Bonchev–Trinajstić information content (AvgIpc) is 3.42. The van der Waals surface area contributed by atoms with Gasteiger partial charge in [0, 0.05) is 22.8 Å². The Labute approximate surface area is 210 Å². The lowest BCUT2D eigenvalue weighted by Crippen LogP contribution is -2.58. The van der Waals surface area contributed by atoms with Crippen molar-refractivity contribution in [3.8, 4) is 0 Å². The molecule has 186 valence electrons. The number of hydrogen-bond donors (Lipinski definition) is 2. The van der Waals surface area contributed by atoms with Crippen LogP contribution < -0.4 is 10.6 Å². The van der Waals surface area contributed by atoms with Crippen molar-refractivity contribution in [3.05, 3.63) is 41.4 Å². The molecule has 35 heavy (non-hydrogen) atoms. The van der Waals surface area contributed by atoms with Gasteiger partial charge in [0.05, 0.1) is 17.9 Å². The molecule has 6 rings (SSSR count). The van der Waals surface area contributed by atoms with Gasteiger partial charge in [-0.3, -0.25) is 14.4 Å². The van der Waals surface area contributed by atoms with E-state index in [-0.39, 0.29) is 29.8 Å². The molecule has 3 heterocycles. The van der Waals surface area contributed by atoms with E-state index in [0.717, 1.165) is 25.7 Å². The van der Waals surface area contributed by atoms with Gasteiger partial charge < -0.3 is 20.3 Å². The van der Waals surface area contributed by atoms with Crippen molar-refractivity contribution in [1.29, 1.82) is 0 Å². The number of carbonyl (C=O) groups excluding carboxylic acids is 3. The molecular formula is C27H32ClN3O4. The van der Waals surface area contributed by atoms with Crippen LogP contribution in [0.5, 0.6) is 0 Å². The second kappa shape index (κ2) is 8.34. The highest BCUT2D eigenvalue weighted by atomic mass is 35.5. The fourth-order valence-corrected chi connectivity index (χ4v) is 6.88. The lowest BCUT2D eigenvalue weighted by Gasteiger charge is -2.38. The van der Waals surface area contributed by atoms with Gasteiger partial charge in [0.2, 0.25) is 17.7 Å². The molecule has 2 aliphatic carbocycles. The largest absolute Gasteiger partial charge is 0.359 e. The van der Waals surface area contributed by atoms with Crippen LogP contribution in [-0.4, -0.2) is 52.5 Å². The van der Waals surface area contributed by atoms with E-state index in [0.29, 0.717) is 22.5 Å². The van der Waals surface area contributed by atoms with Crippen molar-refractivity contribution in [3.63, 3.8) is 0 Å². The van der Waals surface area contributed by atoms with Crippen LogP contribution in [0.1, 0.15) is 46.0 Å². The van der Waals surface area contributed by atoms with Gasteiger partial charge >= 0.3 is 0 Å². The number of nitrogens with one attached hydrogen (secondary N) is 2. The van der Waals surface area contributed by atoms with Crippen LogP contribution in [-0.2, 0) is 19.1 Å². The molecular weight excluding hydrogens is 466 g/mol. The van der Waals surface area contributed by atoms with Crippen molar-refractivity contribution in [2.24, 2.45) is 23.7 Å². The topological polar surface area (TPSA) is 87.7 Å². The first kappa shape index (κ1) is 23.0. The normalized spacial score (nSPS) is 39.6. The molecule has 2 saturated heterocycles. The summed E-state index contributed by atoms with van der Waals surface area (Å²) in [7, 11) is 0. The third-order valence-corrected chi connectivity index (χ3v) is 9.20. The molecule has 4 fully saturated rings. The van der Waals surface area contributed by atoms with Crippen molar-refractivity contribution in [2.75, 3.05) is 5.32 Å². The Hall–Kier alpha value is -2.38. The third kappa shape index (κ3) is 3.61. The predicted molar refractivity (Wildman–Crippen MR) is 132 cm³/mol. The Kier molecular flexibility index (Phi) is 5.49. The highest BCUT2D eigenvalue weighted by Crippen LogP contribution is 2.57. The molecule has 1 spiro atoms. The molecule has 2 bridgehead atoms. The lowest BCUT2D eigenvalue weighted by molar-refractivity contribution is -0.142. The van der Waals surface area contributed by atoms with Gasteiger partial charge in [0.15, 0.2) is 0 Å². The lowest BCUT2D eigenvalue weighted by atomic mass is 9.73. The van der Waals surface area contributed by atoms with E-state index >= 15 is 0 Å². The molecule has 0 radical (unpaired) electrons. The number of fused-ring (bicyclic) bond motifs is 1. The summed E-state index contributed by atoms with van der Waals surface area (Å²) in [6, 6.07) is 6.26. The molecule has 8 atom stereocenters. The zero-order valence-electron chi connectivity index (χ0n) is 20.1. The number of ether oxygens (including phenoxy) is 1. The SMILES string of the molecule is CC1CCCC(NC(=O)C2N(C3CC3)C(=O)C3C(C(=O)Nc4ccc(Cl)cc4)C4C=CC32O4)C1C. The average molecular weight is 498 g/mol. The highest BCUT2D eigenvalue weighted by molar-refractivity contribution is 6.30. The molecule has 2 saturated carbocycles. The number of benzene rings is 1. The minimum absolute atomic E-state index is 0.0388. The Morgan fingerprint density at radius 1 is 1.09 bits per heavy atom. The van der Waals surface area contributed by atoms with Crippen molar-refractivity contribution >= 4 is 35.0 Å². The zero-order chi connectivity index (χ0) is 24.5. The van der Waals surface area contributed by atoms with E-state index in [1.165, 1.54) is 6.42 Å². The number of rotatable bonds is 5. The molecule has 2 N–H and O–H groups in total. The number of carbonyl (C=O) groups is 3. The van der Waals surface area contributed by atoms with Crippen LogP contribution >= 0.6 is 11.6 Å². The van der Waals surface area contributed by atoms with E-state index in [1.54, 1.807) is 29.2 Å². The minimum atomic E-state index is -1.10. The number of nitrogens with zero attached hydrogens (tertiary/aromatic N) is 1. The summed E-state index contributed by atoms with van der Waals surface area (Å²) in [6.45, 7) is 4.44. The second-order valence-corrected chi connectivity index (χ2v) is 11.5. The first-order valence-electron chi connectivity index (χ1n) is 12.9. The molecule has 1 aromatic rings. The van der Waals surface area contributed by atoms with Crippen LogP contribution in [0, 0.1) is 23.7 Å². The van der Waals surface area contributed by atoms with Gasteiger partial charge in [-0.15, -0.1) is 0 Å². The van der Waals surface area contributed by atoms with Crippen molar-refractivity contribution < 1.29 is 19.1 Å². The summed E-state index contributed by atoms with van der Waals surface area (Å²) in [6.07, 6.45) is 8.18. The zero-order valence-corrected chi connectivity index (χ0v) is 20.8. The van der Waals surface area contributed by atoms with Crippen LogP contribution in [0.25, 0.3) is 0 Å². The van der Waals surface area contributed by atoms with E-state index in [2.05, 4.69) is 24.5 Å². The van der Waals surface area contributed by atoms with Gasteiger partial charge in [-0.25, -0.2) is 0 Å². The summed E-state index contributed by atoms with van der Waals surface area (Å²) in [5.41, 5.74) is -0.487. The molecule has 5 aliphatic rings. The summed E-state index contributed by atoms with van der Waals surface area (Å²) in [5.74, 6) is -1.03. The first-order chi connectivity index (χ1) is 16.8. The van der Waals surface area contributed by atoms with Crippen LogP contribution in [0.3, 0.4) is 0 Å².